The van der Waals surface area contributed by atoms with E-state index in [1.165, 1.54) is 0 Å². The SMILES string of the molecule is Cc1cccc(C(=O)OCCI)c1. The highest BCUT2D eigenvalue weighted by Crippen LogP contribution is 2.05. The lowest BCUT2D eigenvalue weighted by molar-refractivity contribution is 0.0532. The van der Waals surface area contributed by atoms with Crippen LogP contribution in [0.2, 0.25) is 0 Å². The molecule has 0 fully saturated rings. The number of esters is 1. The van der Waals surface area contributed by atoms with Crippen molar-refractivity contribution in [3.63, 3.8) is 0 Å². The van der Waals surface area contributed by atoms with Gasteiger partial charge < -0.3 is 4.74 Å². The average molecular weight is 290 g/mol. The van der Waals surface area contributed by atoms with Crippen LogP contribution < -0.4 is 0 Å². The Bertz CT molecular complexity index is 297. The highest BCUT2D eigenvalue weighted by Gasteiger charge is 2.05. The molecule has 1 aromatic carbocycles. The van der Waals surface area contributed by atoms with Crippen LogP contribution in [0.15, 0.2) is 24.3 Å². The minimum Gasteiger partial charge on any atom is -0.461 e. The summed E-state index contributed by atoms with van der Waals surface area (Å²) in [4.78, 5) is 11.3. The molecule has 0 aliphatic rings. The molecule has 13 heavy (non-hydrogen) atoms. The van der Waals surface area contributed by atoms with E-state index in [-0.39, 0.29) is 5.97 Å². The predicted molar refractivity (Wildman–Crippen MR) is 60.3 cm³/mol. The molecule has 3 heteroatoms. The summed E-state index contributed by atoms with van der Waals surface area (Å²) in [6.45, 7) is 2.43. The van der Waals surface area contributed by atoms with Gasteiger partial charge in [0.2, 0.25) is 0 Å². The Kier molecular flexibility index (Phi) is 4.21. The third kappa shape index (κ3) is 3.34. The summed E-state index contributed by atoms with van der Waals surface area (Å²) in [5, 5.41) is 0. The van der Waals surface area contributed by atoms with Gasteiger partial charge in [0, 0.05) is 4.43 Å². The zero-order chi connectivity index (χ0) is 9.68. The standard InChI is InChI=1S/C10H11IO2/c1-8-3-2-4-9(7-8)10(12)13-6-5-11/h2-4,7H,5-6H2,1H3. The lowest BCUT2D eigenvalue weighted by Crippen LogP contribution is -2.06. The van der Waals surface area contributed by atoms with Crippen LogP contribution in [0.3, 0.4) is 0 Å². The van der Waals surface area contributed by atoms with Gasteiger partial charge in [-0.15, -0.1) is 0 Å². The number of carbonyl (C=O) groups excluding carboxylic acids is 1. The summed E-state index contributed by atoms with van der Waals surface area (Å²) in [5.41, 5.74) is 1.70. The van der Waals surface area contributed by atoms with Crippen molar-refractivity contribution >= 4 is 28.6 Å². The van der Waals surface area contributed by atoms with E-state index in [2.05, 4.69) is 22.6 Å². The first kappa shape index (κ1) is 10.5. The first-order valence-electron chi connectivity index (χ1n) is 4.04. The van der Waals surface area contributed by atoms with Gasteiger partial charge in [0.25, 0.3) is 0 Å². The van der Waals surface area contributed by atoms with E-state index < -0.39 is 0 Å². The van der Waals surface area contributed by atoms with Crippen molar-refractivity contribution in [2.24, 2.45) is 0 Å². The van der Waals surface area contributed by atoms with Crippen molar-refractivity contribution in [2.75, 3.05) is 11.0 Å². The van der Waals surface area contributed by atoms with E-state index in [1.54, 1.807) is 6.07 Å². The summed E-state index contributed by atoms with van der Waals surface area (Å²) < 4.78 is 5.81. The number of benzene rings is 1. The van der Waals surface area contributed by atoms with Crippen LogP contribution in [0.5, 0.6) is 0 Å². The van der Waals surface area contributed by atoms with E-state index in [0.717, 1.165) is 9.99 Å². The van der Waals surface area contributed by atoms with Gasteiger partial charge in [-0.2, -0.15) is 0 Å². The highest BCUT2D eigenvalue weighted by molar-refractivity contribution is 14.1. The predicted octanol–water partition coefficient (Wildman–Crippen LogP) is 2.59. The number of aryl methyl sites for hydroxylation is 1. The molecule has 0 spiro atoms. The molecule has 0 saturated carbocycles. The molecular formula is C10H11IO2. The second kappa shape index (κ2) is 5.21. The van der Waals surface area contributed by atoms with E-state index >= 15 is 0 Å². The maximum absolute atomic E-state index is 11.3. The first-order chi connectivity index (χ1) is 6.24. The number of carbonyl (C=O) groups is 1. The van der Waals surface area contributed by atoms with Gasteiger partial charge in [-0.3, -0.25) is 0 Å². The first-order valence-corrected chi connectivity index (χ1v) is 5.56. The van der Waals surface area contributed by atoms with Crippen molar-refractivity contribution in [1.29, 1.82) is 0 Å². The molecule has 0 aliphatic carbocycles. The fourth-order valence-corrected chi connectivity index (χ4v) is 1.21. The fraction of sp³-hybridized carbons (Fsp3) is 0.300. The van der Waals surface area contributed by atoms with Crippen LogP contribution in [-0.2, 0) is 4.74 Å². The Morgan fingerprint density at radius 3 is 2.92 bits per heavy atom. The third-order valence-electron chi connectivity index (χ3n) is 1.56. The van der Waals surface area contributed by atoms with Gasteiger partial charge in [-0.1, -0.05) is 40.3 Å². The van der Waals surface area contributed by atoms with Crippen molar-refractivity contribution in [3.05, 3.63) is 35.4 Å². The molecule has 0 atom stereocenters. The van der Waals surface area contributed by atoms with Crippen molar-refractivity contribution < 1.29 is 9.53 Å². The molecule has 0 unspecified atom stereocenters. The largest absolute Gasteiger partial charge is 0.461 e. The second-order valence-electron chi connectivity index (χ2n) is 2.69. The summed E-state index contributed by atoms with van der Waals surface area (Å²) in [6.07, 6.45) is 0. The maximum Gasteiger partial charge on any atom is 0.338 e. The Hall–Kier alpha value is -0.580. The van der Waals surface area contributed by atoms with Crippen molar-refractivity contribution in [2.45, 2.75) is 6.92 Å². The zero-order valence-electron chi connectivity index (χ0n) is 7.42. The Morgan fingerprint density at radius 2 is 2.31 bits per heavy atom. The molecule has 0 saturated heterocycles. The minimum atomic E-state index is -0.236. The number of hydrogen-bond acceptors (Lipinski definition) is 2. The molecule has 2 nitrogen and oxygen atoms in total. The van der Waals surface area contributed by atoms with Gasteiger partial charge >= 0.3 is 5.97 Å². The second-order valence-corrected chi connectivity index (χ2v) is 3.77. The Morgan fingerprint density at radius 1 is 1.54 bits per heavy atom. The normalized spacial score (nSPS) is 9.69. The van der Waals surface area contributed by atoms with E-state index in [4.69, 9.17) is 4.74 Å². The molecule has 0 aromatic heterocycles. The van der Waals surface area contributed by atoms with Gasteiger partial charge in [0.1, 0.15) is 6.61 Å². The molecule has 0 aliphatic heterocycles. The van der Waals surface area contributed by atoms with Crippen LogP contribution in [0.1, 0.15) is 15.9 Å². The molecule has 70 valence electrons. The zero-order valence-corrected chi connectivity index (χ0v) is 9.58. The van der Waals surface area contributed by atoms with Crippen LogP contribution in [0, 0.1) is 6.92 Å². The monoisotopic (exact) mass is 290 g/mol. The van der Waals surface area contributed by atoms with Gasteiger partial charge in [-0.05, 0) is 19.1 Å². The Balaban J connectivity index is 2.66. The number of alkyl halides is 1. The smallest absolute Gasteiger partial charge is 0.338 e. The summed E-state index contributed by atoms with van der Waals surface area (Å²) in [7, 11) is 0. The van der Waals surface area contributed by atoms with Crippen LogP contribution in [-0.4, -0.2) is 17.0 Å². The third-order valence-corrected chi connectivity index (χ3v) is 2.00. The number of rotatable bonds is 3. The van der Waals surface area contributed by atoms with E-state index in [0.29, 0.717) is 12.2 Å². The lowest BCUT2D eigenvalue weighted by atomic mass is 10.1. The maximum atomic E-state index is 11.3. The highest BCUT2D eigenvalue weighted by atomic mass is 127. The molecule has 0 bridgehead atoms. The lowest BCUT2D eigenvalue weighted by Gasteiger charge is -2.02. The summed E-state index contributed by atoms with van der Waals surface area (Å²) in [6, 6.07) is 7.41. The van der Waals surface area contributed by atoms with Crippen LogP contribution in [0.4, 0.5) is 0 Å². The summed E-state index contributed by atoms with van der Waals surface area (Å²) in [5.74, 6) is -0.236. The molecule has 1 rings (SSSR count). The number of ether oxygens (including phenoxy) is 1. The molecule has 0 radical (unpaired) electrons. The van der Waals surface area contributed by atoms with E-state index in [1.807, 2.05) is 25.1 Å². The molecular weight excluding hydrogens is 279 g/mol. The van der Waals surface area contributed by atoms with Gasteiger partial charge in [0.15, 0.2) is 0 Å². The number of halogens is 1. The molecule has 0 N–H and O–H groups in total. The van der Waals surface area contributed by atoms with Crippen LogP contribution >= 0.6 is 22.6 Å². The van der Waals surface area contributed by atoms with Crippen molar-refractivity contribution in [3.8, 4) is 0 Å². The topological polar surface area (TPSA) is 26.3 Å². The average Bonchev–Trinajstić information content (AvgIpc) is 2.14. The molecule has 0 heterocycles. The molecule has 0 amide bonds. The molecule has 1 aromatic rings. The van der Waals surface area contributed by atoms with Crippen LogP contribution in [0.25, 0.3) is 0 Å². The van der Waals surface area contributed by atoms with Crippen molar-refractivity contribution in [1.82, 2.24) is 0 Å². The quantitative estimate of drug-likeness (QED) is 0.486. The Labute approximate surface area is 91.4 Å². The fourth-order valence-electron chi connectivity index (χ4n) is 0.987. The van der Waals surface area contributed by atoms with Gasteiger partial charge in [-0.25, -0.2) is 4.79 Å². The minimum absolute atomic E-state index is 0.236. The van der Waals surface area contributed by atoms with E-state index in [9.17, 15) is 4.79 Å². The summed E-state index contributed by atoms with van der Waals surface area (Å²) >= 11 is 2.17. The van der Waals surface area contributed by atoms with Gasteiger partial charge in [0.05, 0.1) is 5.56 Å². The number of hydrogen-bond donors (Lipinski definition) is 0.